The molecule has 2 heterocycles. The summed E-state index contributed by atoms with van der Waals surface area (Å²) >= 11 is 0. The Balaban J connectivity index is 2.17. The normalized spacial score (nSPS) is 11.0. The molecule has 0 aliphatic rings. The van der Waals surface area contributed by atoms with Crippen LogP contribution in [-0.2, 0) is 6.54 Å². The van der Waals surface area contributed by atoms with Gasteiger partial charge >= 0.3 is 0 Å². The van der Waals surface area contributed by atoms with Crippen LogP contribution >= 0.6 is 0 Å². The molecular formula is C17H17N3O. The van der Waals surface area contributed by atoms with E-state index >= 15 is 0 Å². The van der Waals surface area contributed by atoms with Crippen LogP contribution in [0.2, 0.25) is 0 Å². The lowest BCUT2D eigenvalue weighted by Gasteiger charge is -2.13. The highest BCUT2D eigenvalue weighted by molar-refractivity contribution is 5.78. The van der Waals surface area contributed by atoms with Gasteiger partial charge < -0.3 is 10.3 Å². The number of rotatable bonds is 2. The minimum Gasteiger partial charge on any atom is -0.398 e. The molecule has 0 unspecified atom stereocenters. The van der Waals surface area contributed by atoms with Gasteiger partial charge in [-0.3, -0.25) is 9.78 Å². The molecule has 2 aromatic heterocycles. The van der Waals surface area contributed by atoms with Gasteiger partial charge in [0.25, 0.3) is 5.56 Å². The Morgan fingerprint density at radius 3 is 2.71 bits per heavy atom. The highest BCUT2D eigenvalue weighted by Gasteiger charge is 2.09. The lowest BCUT2D eigenvalue weighted by molar-refractivity contribution is 0.765. The van der Waals surface area contributed by atoms with Crippen molar-refractivity contribution in [3.63, 3.8) is 0 Å². The second-order valence-electron chi connectivity index (χ2n) is 5.24. The smallest absolute Gasteiger partial charge is 0.251 e. The molecule has 0 atom stereocenters. The van der Waals surface area contributed by atoms with Crippen LogP contribution in [0.15, 0.2) is 47.4 Å². The largest absolute Gasteiger partial charge is 0.398 e. The van der Waals surface area contributed by atoms with Gasteiger partial charge in [-0.1, -0.05) is 18.2 Å². The number of nitrogens with zero attached hydrogens (tertiary/aromatic N) is 2. The number of para-hydroxylation sites is 1. The molecule has 0 spiro atoms. The summed E-state index contributed by atoms with van der Waals surface area (Å²) < 4.78 is 1.74. The van der Waals surface area contributed by atoms with E-state index in [1.807, 2.05) is 44.2 Å². The number of aryl methyl sites for hydroxylation is 1. The lowest BCUT2D eigenvalue weighted by Crippen LogP contribution is -2.21. The maximum Gasteiger partial charge on any atom is 0.251 e. The van der Waals surface area contributed by atoms with Crippen molar-refractivity contribution < 1.29 is 0 Å². The van der Waals surface area contributed by atoms with E-state index in [1.54, 1.807) is 16.8 Å². The van der Waals surface area contributed by atoms with Crippen molar-refractivity contribution in [2.24, 2.45) is 0 Å². The zero-order valence-electron chi connectivity index (χ0n) is 12.1. The molecule has 2 N–H and O–H groups in total. The Morgan fingerprint density at radius 2 is 1.90 bits per heavy atom. The van der Waals surface area contributed by atoms with Crippen molar-refractivity contribution in [2.75, 3.05) is 5.73 Å². The number of benzene rings is 1. The van der Waals surface area contributed by atoms with Crippen LogP contribution in [0.1, 0.15) is 16.8 Å². The maximum atomic E-state index is 12.2. The standard InChI is InChI=1S/C17H17N3O/c1-11-9-19-14(12(2)17(11)18)10-20-15-6-4-3-5-13(15)7-8-16(20)21/h3-9H,10H2,1-2H3,(H2,18,19). The summed E-state index contributed by atoms with van der Waals surface area (Å²) in [7, 11) is 0. The van der Waals surface area contributed by atoms with Crippen LogP contribution in [0.3, 0.4) is 0 Å². The van der Waals surface area contributed by atoms with Gasteiger partial charge in [-0.25, -0.2) is 0 Å². The van der Waals surface area contributed by atoms with Crippen molar-refractivity contribution in [3.05, 3.63) is 69.8 Å². The molecule has 0 bridgehead atoms. The number of nitrogens with two attached hydrogens (primary N) is 1. The first kappa shape index (κ1) is 13.4. The SMILES string of the molecule is Cc1cnc(Cn2c(=O)ccc3ccccc32)c(C)c1N. The third-order valence-electron chi connectivity index (χ3n) is 3.88. The van der Waals surface area contributed by atoms with E-state index in [0.717, 1.165) is 33.4 Å². The number of hydrogen-bond donors (Lipinski definition) is 1. The number of nitrogen functional groups attached to an aromatic ring is 1. The van der Waals surface area contributed by atoms with Crippen molar-refractivity contribution in [1.29, 1.82) is 0 Å². The third-order valence-corrected chi connectivity index (χ3v) is 3.88. The summed E-state index contributed by atoms with van der Waals surface area (Å²) in [6.45, 7) is 4.31. The number of pyridine rings is 2. The second kappa shape index (κ2) is 5.05. The number of aromatic nitrogens is 2. The molecule has 0 saturated carbocycles. The molecule has 1 aromatic carbocycles. The second-order valence-corrected chi connectivity index (χ2v) is 5.24. The average Bonchev–Trinajstić information content (AvgIpc) is 2.50. The van der Waals surface area contributed by atoms with E-state index < -0.39 is 0 Å². The Labute approximate surface area is 122 Å². The van der Waals surface area contributed by atoms with Gasteiger partial charge in [0.2, 0.25) is 0 Å². The first-order chi connectivity index (χ1) is 10.1. The Bertz CT molecular complexity index is 881. The predicted octanol–water partition coefficient (Wildman–Crippen LogP) is 2.64. The molecule has 21 heavy (non-hydrogen) atoms. The van der Waals surface area contributed by atoms with Crippen LogP contribution in [0.25, 0.3) is 10.9 Å². The fourth-order valence-electron chi connectivity index (χ4n) is 2.51. The van der Waals surface area contributed by atoms with E-state index in [4.69, 9.17) is 5.73 Å². The van der Waals surface area contributed by atoms with Crippen LogP contribution in [-0.4, -0.2) is 9.55 Å². The predicted molar refractivity (Wildman–Crippen MR) is 85.4 cm³/mol. The monoisotopic (exact) mass is 279 g/mol. The minimum atomic E-state index is -0.0333. The molecule has 0 aliphatic heterocycles. The molecule has 4 nitrogen and oxygen atoms in total. The Morgan fingerprint density at radius 1 is 1.14 bits per heavy atom. The molecular weight excluding hydrogens is 262 g/mol. The fraction of sp³-hybridized carbons (Fsp3) is 0.176. The zero-order valence-corrected chi connectivity index (χ0v) is 12.1. The average molecular weight is 279 g/mol. The summed E-state index contributed by atoms with van der Waals surface area (Å²) in [6, 6.07) is 11.3. The van der Waals surface area contributed by atoms with Gasteiger partial charge in [0, 0.05) is 18.0 Å². The number of hydrogen-bond acceptors (Lipinski definition) is 3. The molecule has 106 valence electrons. The van der Waals surface area contributed by atoms with Crippen LogP contribution in [0.4, 0.5) is 5.69 Å². The number of anilines is 1. The van der Waals surface area contributed by atoms with Crippen LogP contribution < -0.4 is 11.3 Å². The summed E-state index contributed by atoms with van der Waals surface area (Å²) in [5, 5.41) is 1.04. The first-order valence-electron chi connectivity index (χ1n) is 6.87. The lowest BCUT2D eigenvalue weighted by atomic mass is 10.1. The summed E-state index contributed by atoms with van der Waals surface area (Å²) in [6.07, 6.45) is 1.76. The summed E-state index contributed by atoms with van der Waals surface area (Å²) in [5.41, 5.74) is 10.4. The minimum absolute atomic E-state index is 0.0333. The van der Waals surface area contributed by atoms with Crippen molar-refractivity contribution >= 4 is 16.6 Å². The van der Waals surface area contributed by atoms with Gasteiger partial charge in [0.1, 0.15) is 0 Å². The third kappa shape index (κ3) is 2.29. The summed E-state index contributed by atoms with van der Waals surface area (Å²) in [4.78, 5) is 16.6. The van der Waals surface area contributed by atoms with Gasteiger partial charge in [-0.15, -0.1) is 0 Å². The topological polar surface area (TPSA) is 60.9 Å². The Kier molecular flexibility index (Phi) is 3.22. The maximum absolute atomic E-state index is 12.2. The van der Waals surface area contributed by atoms with E-state index in [2.05, 4.69) is 4.98 Å². The van der Waals surface area contributed by atoms with Crippen molar-refractivity contribution in [2.45, 2.75) is 20.4 Å². The van der Waals surface area contributed by atoms with E-state index in [-0.39, 0.29) is 5.56 Å². The Hall–Kier alpha value is -2.62. The van der Waals surface area contributed by atoms with E-state index in [1.165, 1.54) is 0 Å². The zero-order chi connectivity index (χ0) is 15.0. The molecule has 0 amide bonds. The number of fused-ring (bicyclic) bond motifs is 1. The van der Waals surface area contributed by atoms with Gasteiger partial charge in [0.05, 0.1) is 17.8 Å². The molecule has 4 heteroatoms. The summed E-state index contributed by atoms with van der Waals surface area (Å²) in [5.74, 6) is 0. The van der Waals surface area contributed by atoms with Crippen molar-refractivity contribution in [1.82, 2.24) is 9.55 Å². The van der Waals surface area contributed by atoms with E-state index in [0.29, 0.717) is 6.54 Å². The highest BCUT2D eigenvalue weighted by Crippen LogP contribution is 2.19. The van der Waals surface area contributed by atoms with Crippen LogP contribution in [0, 0.1) is 13.8 Å². The first-order valence-corrected chi connectivity index (χ1v) is 6.87. The fourth-order valence-corrected chi connectivity index (χ4v) is 2.51. The molecule has 0 fully saturated rings. The van der Waals surface area contributed by atoms with Gasteiger partial charge in [0.15, 0.2) is 0 Å². The molecule has 3 rings (SSSR count). The van der Waals surface area contributed by atoms with Crippen LogP contribution in [0.5, 0.6) is 0 Å². The molecule has 0 aliphatic carbocycles. The highest BCUT2D eigenvalue weighted by atomic mass is 16.1. The quantitative estimate of drug-likeness (QED) is 0.784. The van der Waals surface area contributed by atoms with Crippen molar-refractivity contribution in [3.8, 4) is 0 Å². The van der Waals surface area contributed by atoms with Gasteiger partial charge in [-0.05, 0) is 42.5 Å². The molecule has 3 aromatic rings. The van der Waals surface area contributed by atoms with Gasteiger partial charge in [-0.2, -0.15) is 0 Å². The van der Waals surface area contributed by atoms with E-state index in [9.17, 15) is 4.79 Å². The molecule has 0 radical (unpaired) electrons. The molecule has 0 saturated heterocycles.